The SMILES string of the molecule is C1=Cc2c(c3cc(-c4ccc5c(c4)c4cc(-c6cccc7c6sc6ccccc67)ccc4n5-c4cccc5c4oc4ccccc45)ccc3n2-c2cccc3c2oc2ccccc23)CC=C1c1cccc2c1sc1ccccc12. The zero-order valence-corrected chi connectivity index (χ0v) is 44.0. The summed E-state index contributed by atoms with van der Waals surface area (Å²) in [4.78, 5) is 0. The Labute approximate surface area is 459 Å². The molecule has 0 radical (unpaired) electrons. The quantitative estimate of drug-likeness (QED) is 0.172. The Kier molecular flexibility index (Phi) is 9.01. The fourth-order valence-electron chi connectivity index (χ4n) is 13.2. The molecule has 0 atom stereocenters. The maximum atomic E-state index is 6.80. The molecule has 0 bridgehead atoms. The molecule has 0 unspecified atom stereocenters. The van der Waals surface area contributed by atoms with Gasteiger partial charge in [-0.15, -0.1) is 22.7 Å². The first-order chi connectivity index (χ1) is 39.2. The largest absolute Gasteiger partial charge is 0.454 e. The van der Waals surface area contributed by atoms with Crippen molar-refractivity contribution in [1.29, 1.82) is 0 Å². The minimum absolute atomic E-state index is 0.761. The molecule has 0 aliphatic heterocycles. The summed E-state index contributed by atoms with van der Waals surface area (Å²) < 4.78 is 23.7. The van der Waals surface area contributed by atoms with E-state index >= 15 is 0 Å². The van der Waals surface area contributed by atoms with Crippen molar-refractivity contribution in [1.82, 2.24) is 9.13 Å². The molecule has 0 spiro atoms. The van der Waals surface area contributed by atoms with Crippen molar-refractivity contribution < 1.29 is 8.83 Å². The van der Waals surface area contributed by atoms with Crippen LogP contribution in [-0.4, -0.2) is 9.13 Å². The number of furan rings is 2. The summed E-state index contributed by atoms with van der Waals surface area (Å²) in [6.07, 6.45) is 7.89. The number of nitrogens with zero attached hydrogens (tertiary/aromatic N) is 2. The number of benzene rings is 11. The lowest BCUT2D eigenvalue weighted by Crippen LogP contribution is -1.98. The third kappa shape index (κ3) is 6.24. The second kappa shape index (κ2) is 16.4. The van der Waals surface area contributed by atoms with Gasteiger partial charge in [-0.3, -0.25) is 0 Å². The summed E-state index contributed by atoms with van der Waals surface area (Å²) in [7, 11) is 0. The van der Waals surface area contributed by atoms with Gasteiger partial charge in [-0.1, -0.05) is 164 Å². The molecule has 18 rings (SSSR count). The van der Waals surface area contributed by atoms with Gasteiger partial charge in [0.15, 0.2) is 11.2 Å². The van der Waals surface area contributed by atoms with Crippen LogP contribution in [0.5, 0.6) is 0 Å². The van der Waals surface area contributed by atoms with E-state index in [1.165, 1.54) is 84.3 Å². The zero-order chi connectivity index (χ0) is 51.4. The Morgan fingerprint density at radius 2 is 0.810 bits per heavy atom. The number of para-hydroxylation sites is 4. The smallest absolute Gasteiger partial charge is 0.159 e. The summed E-state index contributed by atoms with van der Waals surface area (Å²) in [5.41, 5.74) is 18.7. The molecule has 6 heterocycles. The molecule has 0 amide bonds. The molecule has 1 aliphatic carbocycles. The van der Waals surface area contributed by atoms with E-state index in [2.05, 4.69) is 252 Å². The van der Waals surface area contributed by atoms with Crippen molar-refractivity contribution in [2.24, 2.45) is 0 Å². The highest BCUT2D eigenvalue weighted by Crippen LogP contribution is 2.47. The molecule has 0 fully saturated rings. The van der Waals surface area contributed by atoms with Crippen LogP contribution in [-0.2, 0) is 6.42 Å². The van der Waals surface area contributed by atoms with Crippen molar-refractivity contribution in [3.05, 3.63) is 253 Å². The Balaban J connectivity index is 0.855. The minimum atomic E-state index is 0.761. The molecular weight excluding hydrogens is 1000 g/mol. The Morgan fingerprint density at radius 1 is 0.342 bits per heavy atom. The van der Waals surface area contributed by atoms with Crippen LogP contribution >= 0.6 is 22.7 Å². The van der Waals surface area contributed by atoms with Gasteiger partial charge in [-0.05, 0) is 124 Å². The fraction of sp³-hybridized carbons (Fsp3) is 0.0137. The van der Waals surface area contributed by atoms with Crippen molar-refractivity contribution in [3.63, 3.8) is 0 Å². The van der Waals surface area contributed by atoms with E-state index in [9.17, 15) is 0 Å². The van der Waals surface area contributed by atoms with Gasteiger partial charge in [0, 0.05) is 78.0 Å². The summed E-state index contributed by atoms with van der Waals surface area (Å²) in [5.74, 6) is 0. The molecule has 368 valence electrons. The molecule has 1 aliphatic rings. The Hall–Kier alpha value is -9.72. The molecule has 0 saturated heterocycles. The summed E-state index contributed by atoms with van der Waals surface area (Å²) in [5, 5.41) is 13.3. The second-order valence-electron chi connectivity index (χ2n) is 21.0. The highest BCUT2D eigenvalue weighted by molar-refractivity contribution is 7.26. The first-order valence-electron chi connectivity index (χ1n) is 26.9. The van der Waals surface area contributed by atoms with Crippen LogP contribution in [0.25, 0.3) is 162 Å². The molecule has 0 saturated carbocycles. The predicted octanol–water partition coefficient (Wildman–Crippen LogP) is 21.2. The topological polar surface area (TPSA) is 36.1 Å². The monoisotopic (exact) mass is 1040 g/mol. The third-order valence-electron chi connectivity index (χ3n) is 16.8. The van der Waals surface area contributed by atoms with Crippen molar-refractivity contribution in [3.8, 4) is 33.6 Å². The maximum Gasteiger partial charge on any atom is 0.159 e. The van der Waals surface area contributed by atoms with Crippen LogP contribution < -0.4 is 0 Å². The lowest BCUT2D eigenvalue weighted by atomic mass is 9.98. The van der Waals surface area contributed by atoms with Crippen LogP contribution in [0, 0.1) is 0 Å². The van der Waals surface area contributed by atoms with Crippen LogP contribution in [0.3, 0.4) is 0 Å². The number of allylic oxidation sites excluding steroid dienone is 3. The minimum Gasteiger partial charge on any atom is -0.454 e. The highest BCUT2D eigenvalue weighted by atomic mass is 32.1. The second-order valence-corrected chi connectivity index (χ2v) is 23.1. The predicted molar refractivity (Wildman–Crippen MR) is 336 cm³/mol. The number of aromatic nitrogens is 2. The molecule has 17 aromatic rings. The van der Waals surface area contributed by atoms with Crippen LogP contribution in [0.1, 0.15) is 16.8 Å². The van der Waals surface area contributed by atoms with E-state index < -0.39 is 0 Å². The number of hydrogen-bond acceptors (Lipinski definition) is 4. The van der Waals surface area contributed by atoms with Crippen molar-refractivity contribution in [2.45, 2.75) is 6.42 Å². The first kappa shape index (κ1) is 43.4. The third-order valence-corrected chi connectivity index (χ3v) is 19.3. The van der Waals surface area contributed by atoms with Crippen LogP contribution in [0.4, 0.5) is 0 Å². The normalized spacial score (nSPS) is 13.0. The molecular formula is C73H42N2O2S2. The number of rotatable bonds is 5. The van der Waals surface area contributed by atoms with Gasteiger partial charge in [-0.25, -0.2) is 0 Å². The standard InChI is InChI=1S/C73H42N2O2S2/c1-5-25-66-49(13-1)53-19-11-23-64(70(53)76-66)74-60-35-30-42(46-17-9-21-55-51-15-3-7-27-68(51)78-72(46)55)29-34-48(60)57-39-43(31-36-61(57)74)44-32-37-62-58(40-44)59-41-45(47-18-10-22-56-52-16-4-8-28-69(52)79-73(47)56)33-38-63(59)75(62)65-24-12-20-54-50-14-2-6-26-67(50)77-71(54)65/h1-33,35-41H,34H2. The van der Waals surface area contributed by atoms with E-state index in [0.717, 1.165) is 95.0 Å². The molecule has 6 aromatic heterocycles. The van der Waals surface area contributed by atoms with Crippen LogP contribution in [0.15, 0.2) is 245 Å². The molecule has 79 heavy (non-hydrogen) atoms. The van der Waals surface area contributed by atoms with Gasteiger partial charge in [-0.2, -0.15) is 0 Å². The fourth-order valence-corrected chi connectivity index (χ4v) is 15.7. The lowest BCUT2D eigenvalue weighted by molar-refractivity contribution is 0.665. The summed E-state index contributed by atoms with van der Waals surface area (Å²) in [6.45, 7) is 0. The molecule has 6 heteroatoms. The van der Waals surface area contributed by atoms with Gasteiger partial charge in [0.25, 0.3) is 0 Å². The van der Waals surface area contributed by atoms with Crippen molar-refractivity contribution >= 4 is 151 Å². The van der Waals surface area contributed by atoms with E-state index in [1.807, 2.05) is 22.7 Å². The molecule has 4 nitrogen and oxygen atoms in total. The van der Waals surface area contributed by atoms with Gasteiger partial charge < -0.3 is 18.0 Å². The summed E-state index contributed by atoms with van der Waals surface area (Å²) >= 11 is 3.76. The highest BCUT2D eigenvalue weighted by Gasteiger charge is 2.25. The van der Waals surface area contributed by atoms with E-state index in [0.29, 0.717) is 0 Å². The van der Waals surface area contributed by atoms with Gasteiger partial charge in [0.1, 0.15) is 11.2 Å². The average Bonchev–Trinajstić information content (AvgIpc) is 4.38. The number of fused-ring (bicyclic) bond motifs is 18. The molecule has 11 aromatic carbocycles. The van der Waals surface area contributed by atoms with Gasteiger partial charge in [0.2, 0.25) is 0 Å². The maximum absolute atomic E-state index is 6.80. The number of hydrogen-bond donors (Lipinski definition) is 0. The average molecular weight is 1040 g/mol. The van der Waals surface area contributed by atoms with E-state index in [-0.39, 0.29) is 0 Å². The Morgan fingerprint density at radius 3 is 1.44 bits per heavy atom. The van der Waals surface area contributed by atoms with E-state index in [1.54, 1.807) is 0 Å². The first-order valence-corrected chi connectivity index (χ1v) is 28.6. The van der Waals surface area contributed by atoms with Gasteiger partial charge in [0.05, 0.1) is 33.6 Å². The van der Waals surface area contributed by atoms with E-state index in [4.69, 9.17) is 8.83 Å². The zero-order valence-electron chi connectivity index (χ0n) is 42.3. The summed E-state index contributed by atoms with van der Waals surface area (Å²) in [6, 6.07) is 82.2. The van der Waals surface area contributed by atoms with Crippen molar-refractivity contribution in [2.75, 3.05) is 0 Å². The molecule has 0 N–H and O–H groups in total. The lowest BCUT2D eigenvalue weighted by Gasteiger charge is -2.11. The Bertz CT molecular complexity index is 5550. The van der Waals surface area contributed by atoms with Gasteiger partial charge >= 0.3 is 0 Å². The number of thiophene rings is 2. The van der Waals surface area contributed by atoms with Crippen LogP contribution in [0.2, 0.25) is 0 Å².